The van der Waals surface area contributed by atoms with Gasteiger partial charge in [-0.1, -0.05) is 44.2 Å². The van der Waals surface area contributed by atoms with Crippen molar-refractivity contribution in [2.45, 2.75) is 32.7 Å². The third kappa shape index (κ3) is 4.35. The second-order valence-corrected chi connectivity index (χ2v) is 5.50. The fraction of sp³-hybridized carbons (Fsp3) is 0.278. The fourth-order valence-electron chi connectivity index (χ4n) is 2.05. The maximum atomic E-state index is 12.1. The minimum absolute atomic E-state index is 0.0471. The second-order valence-electron chi connectivity index (χ2n) is 5.50. The molecule has 110 valence electrons. The first-order valence-corrected chi connectivity index (χ1v) is 7.28. The number of rotatable bonds is 5. The number of carbonyl (C=O) groups excluding carboxylic acids is 1. The highest BCUT2D eigenvalue weighted by Gasteiger charge is 2.12. The number of hydrogen-bond donors (Lipinski definition) is 2. The molecule has 0 radical (unpaired) electrons. The van der Waals surface area contributed by atoms with Crippen molar-refractivity contribution in [2.24, 2.45) is 0 Å². The summed E-state index contributed by atoms with van der Waals surface area (Å²) in [6.45, 7) is 6.19. The molecule has 1 amide bonds. The van der Waals surface area contributed by atoms with Gasteiger partial charge in [0.25, 0.3) is 0 Å². The molecule has 0 saturated carbocycles. The van der Waals surface area contributed by atoms with Gasteiger partial charge in [0.05, 0.1) is 0 Å². The molecule has 0 saturated heterocycles. The summed E-state index contributed by atoms with van der Waals surface area (Å²) in [4.78, 5) is 12.1. The summed E-state index contributed by atoms with van der Waals surface area (Å²) in [5, 5.41) is 6.11. The monoisotopic (exact) mass is 282 g/mol. The Bertz CT molecular complexity index is 576. The summed E-state index contributed by atoms with van der Waals surface area (Å²) in [7, 11) is 0. The lowest BCUT2D eigenvalue weighted by atomic mass is 10.0. The van der Waals surface area contributed by atoms with Crippen LogP contribution in [0.5, 0.6) is 0 Å². The summed E-state index contributed by atoms with van der Waals surface area (Å²) in [6.07, 6.45) is 0. The van der Waals surface area contributed by atoms with Gasteiger partial charge >= 0.3 is 0 Å². The van der Waals surface area contributed by atoms with Crippen molar-refractivity contribution in [1.29, 1.82) is 0 Å². The zero-order chi connectivity index (χ0) is 15.2. The van der Waals surface area contributed by atoms with Gasteiger partial charge in [0.15, 0.2) is 0 Å². The van der Waals surface area contributed by atoms with E-state index in [2.05, 4.69) is 36.6 Å². The Morgan fingerprint density at radius 2 is 1.48 bits per heavy atom. The van der Waals surface area contributed by atoms with E-state index < -0.39 is 0 Å². The molecule has 3 heteroatoms. The third-order valence-corrected chi connectivity index (χ3v) is 3.40. The number of hydrogen-bond acceptors (Lipinski definition) is 2. The van der Waals surface area contributed by atoms with Gasteiger partial charge in [-0.2, -0.15) is 0 Å². The number of carbonyl (C=O) groups is 1. The van der Waals surface area contributed by atoms with E-state index in [0.29, 0.717) is 5.92 Å². The number of nitrogens with one attached hydrogen (secondary N) is 2. The molecular weight excluding hydrogens is 260 g/mol. The lowest BCUT2D eigenvalue weighted by Crippen LogP contribution is -2.31. The van der Waals surface area contributed by atoms with Crippen molar-refractivity contribution in [1.82, 2.24) is 0 Å². The number of benzene rings is 2. The van der Waals surface area contributed by atoms with Crippen LogP contribution in [0.25, 0.3) is 0 Å². The molecule has 2 N–H and O–H groups in total. The van der Waals surface area contributed by atoms with E-state index in [9.17, 15) is 4.79 Å². The number of para-hydroxylation sites is 1. The zero-order valence-electron chi connectivity index (χ0n) is 12.8. The first-order chi connectivity index (χ1) is 10.1. The maximum Gasteiger partial charge on any atom is 0.246 e. The van der Waals surface area contributed by atoms with E-state index in [0.717, 1.165) is 11.4 Å². The first kappa shape index (κ1) is 15.1. The summed E-state index contributed by atoms with van der Waals surface area (Å²) in [5.74, 6) is 0.465. The van der Waals surface area contributed by atoms with Gasteiger partial charge in [-0.25, -0.2) is 0 Å². The average molecular weight is 282 g/mol. The molecule has 0 aliphatic heterocycles. The summed E-state index contributed by atoms with van der Waals surface area (Å²) in [6, 6.07) is 17.4. The van der Waals surface area contributed by atoms with Crippen LogP contribution in [-0.2, 0) is 4.79 Å². The van der Waals surface area contributed by atoms with E-state index in [1.165, 1.54) is 5.56 Å². The van der Waals surface area contributed by atoms with Crippen LogP contribution in [0.15, 0.2) is 54.6 Å². The minimum atomic E-state index is -0.296. The Morgan fingerprint density at radius 1 is 0.857 bits per heavy atom. The highest BCUT2D eigenvalue weighted by molar-refractivity contribution is 5.96. The second kappa shape index (κ2) is 6.93. The van der Waals surface area contributed by atoms with Gasteiger partial charge < -0.3 is 10.6 Å². The van der Waals surface area contributed by atoms with E-state index in [1.807, 2.05) is 49.4 Å². The van der Waals surface area contributed by atoms with Crippen LogP contribution in [0, 0.1) is 0 Å². The lowest BCUT2D eigenvalue weighted by Gasteiger charge is -2.16. The van der Waals surface area contributed by atoms with Gasteiger partial charge in [0.2, 0.25) is 5.91 Å². The maximum absolute atomic E-state index is 12.1. The SMILES string of the molecule is CC(Nc1ccc(C(C)C)cc1)C(=O)Nc1ccccc1. The Labute approximate surface area is 126 Å². The van der Waals surface area contributed by atoms with Crippen LogP contribution < -0.4 is 10.6 Å². The first-order valence-electron chi connectivity index (χ1n) is 7.28. The quantitative estimate of drug-likeness (QED) is 0.860. The van der Waals surface area contributed by atoms with Crippen molar-refractivity contribution >= 4 is 17.3 Å². The summed E-state index contributed by atoms with van der Waals surface area (Å²) in [5.41, 5.74) is 3.06. The van der Waals surface area contributed by atoms with Crippen LogP contribution in [0.3, 0.4) is 0 Å². The number of anilines is 2. The third-order valence-electron chi connectivity index (χ3n) is 3.40. The summed E-state index contributed by atoms with van der Waals surface area (Å²) >= 11 is 0. The van der Waals surface area contributed by atoms with Gasteiger partial charge in [0.1, 0.15) is 6.04 Å². The van der Waals surface area contributed by atoms with E-state index in [-0.39, 0.29) is 11.9 Å². The molecule has 3 nitrogen and oxygen atoms in total. The van der Waals surface area contributed by atoms with Gasteiger partial charge in [-0.05, 0) is 42.7 Å². The Morgan fingerprint density at radius 3 is 2.05 bits per heavy atom. The van der Waals surface area contributed by atoms with Crippen molar-refractivity contribution in [3.05, 3.63) is 60.2 Å². The van der Waals surface area contributed by atoms with Crippen LogP contribution >= 0.6 is 0 Å². The minimum Gasteiger partial charge on any atom is -0.374 e. The Kier molecular flexibility index (Phi) is 4.99. The molecule has 2 aromatic rings. The molecule has 0 aliphatic rings. The smallest absolute Gasteiger partial charge is 0.246 e. The van der Waals surface area contributed by atoms with Crippen LogP contribution in [-0.4, -0.2) is 11.9 Å². The van der Waals surface area contributed by atoms with Gasteiger partial charge in [-0.15, -0.1) is 0 Å². The van der Waals surface area contributed by atoms with Gasteiger partial charge in [-0.3, -0.25) is 4.79 Å². The highest BCUT2D eigenvalue weighted by atomic mass is 16.2. The van der Waals surface area contributed by atoms with E-state index in [1.54, 1.807) is 0 Å². The van der Waals surface area contributed by atoms with Crippen molar-refractivity contribution in [2.75, 3.05) is 10.6 Å². The lowest BCUT2D eigenvalue weighted by molar-refractivity contribution is -0.116. The van der Waals surface area contributed by atoms with Crippen LogP contribution in [0.2, 0.25) is 0 Å². The van der Waals surface area contributed by atoms with Crippen LogP contribution in [0.1, 0.15) is 32.3 Å². The molecule has 2 rings (SSSR count). The summed E-state index contributed by atoms with van der Waals surface area (Å²) < 4.78 is 0. The number of amides is 1. The van der Waals surface area contributed by atoms with Gasteiger partial charge in [0, 0.05) is 11.4 Å². The highest BCUT2D eigenvalue weighted by Crippen LogP contribution is 2.18. The molecule has 2 aromatic carbocycles. The molecule has 0 fully saturated rings. The molecular formula is C18H22N2O. The molecule has 0 heterocycles. The van der Waals surface area contributed by atoms with Crippen LogP contribution in [0.4, 0.5) is 11.4 Å². The molecule has 1 atom stereocenters. The topological polar surface area (TPSA) is 41.1 Å². The Hall–Kier alpha value is -2.29. The zero-order valence-corrected chi connectivity index (χ0v) is 12.8. The Balaban J connectivity index is 1.94. The van der Waals surface area contributed by atoms with E-state index in [4.69, 9.17) is 0 Å². The molecule has 0 aromatic heterocycles. The molecule has 0 spiro atoms. The predicted molar refractivity (Wildman–Crippen MR) is 88.7 cm³/mol. The normalized spacial score (nSPS) is 12.0. The molecule has 0 bridgehead atoms. The molecule has 1 unspecified atom stereocenters. The standard InChI is InChI=1S/C18H22N2O/c1-13(2)15-9-11-17(12-10-15)19-14(3)18(21)20-16-7-5-4-6-8-16/h4-14,19H,1-3H3,(H,20,21). The van der Waals surface area contributed by atoms with Crippen molar-refractivity contribution in [3.8, 4) is 0 Å². The largest absolute Gasteiger partial charge is 0.374 e. The predicted octanol–water partition coefficient (Wildman–Crippen LogP) is 4.25. The van der Waals surface area contributed by atoms with E-state index >= 15 is 0 Å². The molecule has 21 heavy (non-hydrogen) atoms. The fourth-order valence-corrected chi connectivity index (χ4v) is 2.05. The average Bonchev–Trinajstić information content (AvgIpc) is 2.48. The molecule has 0 aliphatic carbocycles. The van der Waals surface area contributed by atoms with Crippen molar-refractivity contribution < 1.29 is 4.79 Å². The van der Waals surface area contributed by atoms with Crippen molar-refractivity contribution in [3.63, 3.8) is 0 Å².